The molecule has 2 amide bonds. The lowest BCUT2D eigenvalue weighted by atomic mass is 9.96. The Morgan fingerprint density at radius 1 is 0.974 bits per heavy atom. The van der Waals surface area contributed by atoms with Crippen LogP contribution in [0.5, 0.6) is 0 Å². The van der Waals surface area contributed by atoms with Crippen molar-refractivity contribution < 1.29 is 19.5 Å². The maximum absolute atomic E-state index is 13.1. The van der Waals surface area contributed by atoms with Crippen LogP contribution in [-0.2, 0) is 17.8 Å². The quantitative estimate of drug-likeness (QED) is 0.296. The van der Waals surface area contributed by atoms with Gasteiger partial charge >= 0.3 is 5.97 Å². The number of rotatable bonds is 10. The molecule has 0 aliphatic carbocycles. The number of benzene rings is 3. The molecule has 3 aromatic rings. The third-order valence-corrected chi connectivity index (χ3v) is 7.24. The molecule has 0 spiro atoms. The molecule has 0 bridgehead atoms. The summed E-state index contributed by atoms with van der Waals surface area (Å²) in [5.74, 6) is -1.59. The van der Waals surface area contributed by atoms with Crippen molar-refractivity contribution in [2.45, 2.75) is 66.0 Å². The van der Waals surface area contributed by atoms with Crippen LogP contribution in [0.1, 0.15) is 77.4 Å². The standard InChI is InChI=1S/C32H36N2O4/c1-5-6-7-8-22-9-11-23(12-10-22)30(35)33-26-15-16-27(21(4)17-26)24-13-14-25-19-34(31(36)28(25)18-24)29(20(2)3)32(37)38/h9-18,20,29H,5-8,19H2,1-4H3,(H,33,35)(H,37,38). The molecule has 1 unspecified atom stereocenters. The predicted octanol–water partition coefficient (Wildman–Crippen LogP) is 6.71. The van der Waals surface area contributed by atoms with E-state index in [2.05, 4.69) is 12.2 Å². The van der Waals surface area contributed by atoms with Gasteiger partial charge in [-0.1, -0.05) is 63.9 Å². The van der Waals surface area contributed by atoms with Crippen LogP contribution in [0.25, 0.3) is 11.1 Å². The Morgan fingerprint density at radius 2 is 1.71 bits per heavy atom. The third kappa shape index (κ3) is 5.80. The van der Waals surface area contributed by atoms with Gasteiger partial charge in [-0.3, -0.25) is 9.59 Å². The summed E-state index contributed by atoms with van der Waals surface area (Å²) < 4.78 is 0. The first-order chi connectivity index (χ1) is 18.2. The van der Waals surface area contributed by atoms with E-state index in [0.29, 0.717) is 23.4 Å². The van der Waals surface area contributed by atoms with Crippen LogP contribution >= 0.6 is 0 Å². The van der Waals surface area contributed by atoms with Gasteiger partial charge in [0.25, 0.3) is 11.8 Å². The zero-order valence-corrected chi connectivity index (χ0v) is 22.6. The van der Waals surface area contributed by atoms with E-state index in [0.717, 1.165) is 35.1 Å². The van der Waals surface area contributed by atoms with Crippen LogP contribution < -0.4 is 5.32 Å². The van der Waals surface area contributed by atoms with Crippen molar-refractivity contribution >= 4 is 23.5 Å². The number of carboxylic acid groups (broad SMARTS) is 1. The fraction of sp³-hybridized carbons (Fsp3) is 0.344. The normalized spacial score (nSPS) is 13.5. The third-order valence-electron chi connectivity index (χ3n) is 7.24. The van der Waals surface area contributed by atoms with Crippen molar-refractivity contribution in [1.29, 1.82) is 0 Å². The second-order valence-electron chi connectivity index (χ2n) is 10.5. The van der Waals surface area contributed by atoms with E-state index in [1.54, 1.807) is 0 Å². The number of amides is 2. The van der Waals surface area contributed by atoms with Gasteiger partial charge in [0.1, 0.15) is 6.04 Å². The minimum atomic E-state index is -0.988. The average Bonchev–Trinajstić information content (AvgIpc) is 3.19. The van der Waals surface area contributed by atoms with Crippen LogP contribution in [0.2, 0.25) is 0 Å². The highest BCUT2D eigenvalue weighted by Crippen LogP contribution is 2.33. The number of carbonyl (C=O) groups excluding carboxylic acids is 2. The number of fused-ring (bicyclic) bond motifs is 1. The fourth-order valence-corrected chi connectivity index (χ4v) is 5.16. The van der Waals surface area contributed by atoms with Crippen LogP contribution in [-0.4, -0.2) is 33.8 Å². The smallest absolute Gasteiger partial charge is 0.326 e. The van der Waals surface area contributed by atoms with Crippen LogP contribution in [0.4, 0.5) is 5.69 Å². The van der Waals surface area contributed by atoms with Crippen molar-refractivity contribution in [2.75, 3.05) is 5.32 Å². The van der Waals surface area contributed by atoms with Gasteiger partial charge in [0.05, 0.1) is 0 Å². The first-order valence-corrected chi connectivity index (χ1v) is 13.4. The van der Waals surface area contributed by atoms with Crippen LogP contribution in [0, 0.1) is 12.8 Å². The van der Waals surface area contributed by atoms with Gasteiger partial charge in [0.2, 0.25) is 0 Å². The number of unbranched alkanes of at least 4 members (excludes halogenated alkanes) is 2. The summed E-state index contributed by atoms with van der Waals surface area (Å²) in [4.78, 5) is 39.2. The summed E-state index contributed by atoms with van der Waals surface area (Å²) in [6, 6.07) is 18.4. The van der Waals surface area contributed by atoms with Crippen LogP contribution in [0.3, 0.4) is 0 Å². The van der Waals surface area contributed by atoms with Crippen molar-refractivity contribution in [3.63, 3.8) is 0 Å². The molecular formula is C32H36N2O4. The van der Waals surface area contributed by atoms with E-state index in [1.165, 1.54) is 23.3 Å². The number of nitrogens with one attached hydrogen (secondary N) is 1. The Kier molecular flexibility index (Phi) is 8.30. The summed E-state index contributed by atoms with van der Waals surface area (Å²) >= 11 is 0. The lowest BCUT2D eigenvalue weighted by Crippen LogP contribution is -2.44. The molecule has 1 heterocycles. The predicted molar refractivity (Wildman–Crippen MR) is 150 cm³/mol. The molecule has 0 saturated heterocycles. The second kappa shape index (κ2) is 11.6. The molecule has 2 N–H and O–H groups in total. The van der Waals surface area contributed by atoms with Gasteiger partial charge in [-0.05, 0) is 83.8 Å². The Hall–Kier alpha value is -3.93. The molecule has 6 heteroatoms. The Labute approximate surface area is 224 Å². The zero-order valence-electron chi connectivity index (χ0n) is 22.6. The van der Waals surface area contributed by atoms with Crippen molar-refractivity contribution in [3.05, 3.63) is 88.5 Å². The highest BCUT2D eigenvalue weighted by Gasteiger charge is 2.38. The minimum Gasteiger partial charge on any atom is -0.480 e. The number of carbonyl (C=O) groups is 3. The summed E-state index contributed by atoms with van der Waals surface area (Å²) in [5.41, 5.74) is 6.74. The van der Waals surface area contributed by atoms with Gasteiger partial charge in [0, 0.05) is 23.4 Å². The highest BCUT2D eigenvalue weighted by molar-refractivity contribution is 6.04. The maximum Gasteiger partial charge on any atom is 0.326 e. The number of hydrogen-bond donors (Lipinski definition) is 2. The lowest BCUT2D eigenvalue weighted by Gasteiger charge is -2.27. The molecule has 4 rings (SSSR count). The van der Waals surface area contributed by atoms with Gasteiger partial charge < -0.3 is 15.3 Å². The largest absolute Gasteiger partial charge is 0.480 e. The zero-order chi connectivity index (χ0) is 27.4. The molecule has 1 atom stereocenters. The van der Waals surface area contributed by atoms with Gasteiger partial charge in [-0.15, -0.1) is 0 Å². The van der Waals surface area contributed by atoms with Crippen molar-refractivity contribution in [2.24, 2.45) is 5.92 Å². The number of carboxylic acids is 1. The molecule has 1 aliphatic heterocycles. The monoisotopic (exact) mass is 512 g/mol. The van der Waals surface area contributed by atoms with Gasteiger partial charge in [-0.25, -0.2) is 4.79 Å². The number of hydrogen-bond acceptors (Lipinski definition) is 3. The molecule has 1 aliphatic rings. The first-order valence-electron chi connectivity index (χ1n) is 13.4. The number of anilines is 1. The Bertz CT molecular complexity index is 1340. The summed E-state index contributed by atoms with van der Waals surface area (Å²) in [6.45, 7) is 8.08. The molecular weight excluding hydrogens is 476 g/mol. The molecule has 6 nitrogen and oxygen atoms in total. The average molecular weight is 513 g/mol. The van der Waals surface area contributed by atoms with Gasteiger partial charge in [0.15, 0.2) is 0 Å². The fourth-order valence-electron chi connectivity index (χ4n) is 5.16. The van der Waals surface area contributed by atoms with E-state index in [1.807, 2.05) is 81.4 Å². The molecule has 3 aromatic carbocycles. The van der Waals surface area contributed by atoms with Gasteiger partial charge in [-0.2, -0.15) is 0 Å². The molecule has 0 aromatic heterocycles. The molecule has 0 fully saturated rings. The van der Waals surface area contributed by atoms with Crippen molar-refractivity contribution in [3.8, 4) is 11.1 Å². The van der Waals surface area contributed by atoms with Crippen molar-refractivity contribution in [1.82, 2.24) is 4.90 Å². The Balaban J connectivity index is 1.47. The minimum absolute atomic E-state index is 0.154. The van der Waals surface area contributed by atoms with E-state index in [4.69, 9.17) is 0 Å². The maximum atomic E-state index is 13.1. The Morgan fingerprint density at radius 3 is 2.34 bits per heavy atom. The first kappa shape index (κ1) is 27.1. The van der Waals surface area contributed by atoms with E-state index < -0.39 is 12.0 Å². The molecule has 38 heavy (non-hydrogen) atoms. The summed E-state index contributed by atoms with van der Waals surface area (Å²) in [6.07, 6.45) is 4.58. The lowest BCUT2D eigenvalue weighted by molar-refractivity contribution is -0.144. The molecule has 0 radical (unpaired) electrons. The molecule has 0 saturated carbocycles. The SMILES string of the molecule is CCCCCc1ccc(C(=O)Nc2ccc(-c3ccc4c(c3)C(=O)N(C(C(=O)O)C(C)C)C4)c(C)c2)cc1. The van der Waals surface area contributed by atoms with E-state index in [-0.39, 0.29) is 17.7 Å². The number of nitrogens with zero attached hydrogens (tertiary/aromatic N) is 1. The number of aliphatic carboxylic acids is 1. The van der Waals surface area contributed by atoms with Crippen LogP contribution in [0.15, 0.2) is 60.7 Å². The highest BCUT2D eigenvalue weighted by atomic mass is 16.4. The molecule has 198 valence electrons. The second-order valence-corrected chi connectivity index (χ2v) is 10.5. The topological polar surface area (TPSA) is 86.7 Å². The summed E-state index contributed by atoms with van der Waals surface area (Å²) in [7, 11) is 0. The van der Waals surface area contributed by atoms with E-state index in [9.17, 15) is 19.5 Å². The summed E-state index contributed by atoms with van der Waals surface area (Å²) in [5, 5.41) is 12.6. The van der Waals surface area contributed by atoms with E-state index >= 15 is 0 Å². The number of aryl methyl sites for hydroxylation is 2.